The van der Waals surface area contributed by atoms with Gasteiger partial charge in [0.2, 0.25) is 11.6 Å². The van der Waals surface area contributed by atoms with Crippen LogP contribution in [0.3, 0.4) is 0 Å². The molecule has 0 aromatic heterocycles. The van der Waals surface area contributed by atoms with Crippen molar-refractivity contribution in [2.45, 2.75) is 13.0 Å². The summed E-state index contributed by atoms with van der Waals surface area (Å²) in [5, 5.41) is 2.98. The molecule has 1 atom stereocenters. The lowest BCUT2D eigenvalue weighted by Crippen LogP contribution is -2.31. The highest BCUT2D eigenvalue weighted by molar-refractivity contribution is 6.30. The lowest BCUT2D eigenvalue weighted by atomic mass is 10.1. The smallest absolute Gasteiger partial charge is 0.258 e. The highest BCUT2D eigenvalue weighted by atomic mass is 35.5. The predicted molar refractivity (Wildman–Crippen MR) is 79.8 cm³/mol. The molecule has 0 unspecified atom stereocenters. The molecule has 24 heavy (non-hydrogen) atoms. The van der Waals surface area contributed by atoms with Gasteiger partial charge in [-0.15, -0.1) is 0 Å². The van der Waals surface area contributed by atoms with Crippen LogP contribution in [0.5, 0.6) is 5.75 Å². The topological polar surface area (TPSA) is 38.3 Å². The first-order valence-electron chi connectivity index (χ1n) is 6.80. The Bertz CT molecular complexity index is 744. The Hall–Kier alpha value is -2.28. The van der Waals surface area contributed by atoms with Crippen molar-refractivity contribution in [3.8, 4) is 5.75 Å². The van der Waals surface area contributed by atoms with E-state index in [1.807, 2.05) is 0 Å². The number of rotatable bonds is 5. The fourth-order valence-electron chi connectivity index (χ4n) is 1.96. The van der Waals surface area contributed by atoms with E-state index in [-0.39, 0.29) is 6.07 Å². The zero-order valence-electron chi connectivity index (χ0n) is 12.4. The average molecular weight is 362 g/mol. The molecule has 8 heteroatoms. The Labute approximate surface area is 140 Å². The minimum absolute atomic E-state index is 0.0544. The van der Waals surface area contributed by atoms with E-state index in [0.717, 1.165) is 0 Å². The lowest BCUT2D eigenvalue weighted by Gasteiger charge is -2.15. The molecule has 1 amide bonds. The second kappa shape index (κ2) is 7.53. The van der Waals surface area contributed by atoms with Crippen molar-refractivity contribution < 1.29 is 27.1 Å². The first-order chi connectivity index (χ1) is 11.3. The number of carbonyl (C=O) groups is 1. The molecule has 1 N–H and O–H groups in total. The highest BCUT2D eigenvalue weighted by Gasteiger charge is 2.21. The minimum atomic E-state index is -1.70. The summed E-state index contributed by atoms with van der Waals surface area (Å²) in [4.78, 5) is 11.8. The van der Waals surface area contributed by atoms with Crippen LogP contribution < -0.4 is 10.1 Å². The maximum atomic E-state index is 13.4. The van der Waals surface area contributed by atoms with E-state index < -0.39 is 47.6 Å². The standard InChI is InChI=1S/C16H12ClF4NO2/c1-8(9-3-2-4-10(17)5-9)22-13(23)7-24-16-14(20)11(18)6-12(19)15(16)21/h2-6,8H,7H2,1H3,(H,22,23)/t8-/m0/s1. The van der Waals surface area contributed by atoms with Gasteiger partial charge in [-0.05, 0) is 24.6 Å². The Kier molecular flexibility index (Phi) is 5.66. The van der Waals surface area contributed by atoms with Gasteiger partial charge in [-0.1, -0.05) is 23.7 Å². The molecule has 0 fully saturated rings. The summed E-state index contributed by atoms with van der Waals surface area (Å²) in [6.45, 7) is 0.841. The Morgan fingerprint density at radius 2 is 1.79 bits per heavy atom. The van der Waals surface area contributed by atoms with Gasteiger partial charge in [0.15, 0.2) is 24.0 Å². The largest absolute Gasteiger partial charge is 0.477 e. The zero-order chi connectivity index (χ0) is 17.9. The third kappa shape index (κ3) is 4.17. The Balaban J connectivity index is 2.01. The number of carbonyl (C=O) groups excluding carboxylic acids is 1. The van der Waals surface area contributed by atoms with Crippen LogP contribution in [0.2, 0.25) is 5.02 Å². The molecule has 0 aliphatic rings. The van der Waals surface area contributed by atoms with Crippen LogP contribution in [0.4, 0.5) is 17.6 Å². The van der Waals surface area contributed by atoms with Crippen LogP contribution in [0.25, 0.3) is 0 Å². The van der Waals surface area contributed by atoms with Crippen LogP contribution in [0.15, 0.2) is 30.3 Å². The molecule has 2 aromatic carbocycles. The molecule has 0 heterocycles. The van der Waals surface area contributed by atoms with Gasteiger partial charge in [0.05, 0.1) is 6.04 Å². The van der Waals surface area contributed by atoms with E-state index >= 15 is 0 Å². The second-order valence-electron chi connectivity index (χ2n) is 4.93. The molecule has 0 aliphatic carbocycles. The quantitative estimate of drug-likeness (QED) is 0.641. The van der Waals surface area contributed by atoms with Gasteiger partial charge in [-0.25, -0.2) is 8.78 Å². The van der Waals surface area contributed by atoms with Gasteiger partial charge >= 0.3 is 0 Å². The molecule has 3 nitrogen and oxygen atoms in total. The Morgan fingerprint density at radius 3 is 2.38 bits per heavy atom. The van der Waals surface area contributed by atoms with Crippen LogP contribution >= 0.6 is 11.6 Å². The molecular formula is C16H12ClF4NO2. The zero-order valence-corrected chi connectivity index (χ0v) is 13.1. The number of halogens is 5. The summed E-state index contributed by atoms with van der Waals surface area (Å²) in [7, 11) is 0. The molecular weight excluding hydrogens is 350 g/mol. The van der Waals surface area contributed by atoms with Gasteiger partial charge in [-0.2, -0.15) is 8.78 Å². The lowest BCUT2D eigenvalue weighted by molar-refractivity contribution is -0.123. The number of amides is 1. The summed E-state index contributed by atoms with van der Waals surface area (Å²) < 4.78 is 57.5. The van der Waals surface area contributed by atoms with Crippen molar-refractivity contribution in [1.29, 1.82) is 0 Å². The van der Waals surface area contributed by atoms with Crippen molar-refractivity contribution in [1.82, 2.24) is 5.32 Å². The van der Waals surface area contributed by atoms with Crippen molar-refractivity contribution in [3.63, 3.8) is 0 Å². The molecule has 2 aromatic rings. The van der Waals surface area contributed by atoms with Crippen LogP contribution in [0.1, 0.15) is 18.5 Å². The van der Waals surface area contributed by atoms with Crippen LogP contribution in [0, 0.1) is 23.3 Å². The number of benzene rings is 2. The van der Waals surface area contributed by atoms with E-state index in [1.165, 1.54) is 0 Å². The maximum Gasteiger partial charge on any atom is 0.258 e. The second-order valence-corrected chi connectivity index (χ2v) is 5.37. The number of hydrogen-bond acceptors (Lipinski definition) is 2. The molecule has 0 aliphatic heterocycles. The van der Waals surface area contributed by atoms with Gasteiger partial charge in [0.1, 0.15) is 0 Å². The normalized spacial score (nSPS) is 11.9. The van der Waals surface area contributed by atoms with Crippen LogP contribution in [-0.2, 0) is 4.79 Å². The molecule has 128 valence electrons. The van der Waals surface area contributed by atoms with E-state index in [2.05, 4.69) is 10.1 Å². The van der Waals surface area contributed by atoms with Crippen molar-refractivity contribution in [2.75, 3.05) is 6.61 Å². The summed E-state index contributed by atoms with van der Waals surface area (Å²) in [6, 6.07) is 6.30. The molecule has 0 radical (unpaired) electrons. The molecule has 0 saturated carbocycles. The third-order valence-electron chi connectivity index (χ3n) is 3.15. The first-order valence-corrected chi connectivity index (χ1v) is 7.18. The van der Waals surface area contributed by atoms with Gasteiger partial charge < -0.3 is 10.1 Å². The number of ether oxygens (including phenoxy) is 1. The van der Waals surface area contributed by atoms with Gasteiger partial charge in [0.25, 0.3) is 5.91 Å². The van der Waals surface area contributed by atoms with Gasteiger partial charge in [-0.3, -0.25) is 4.79 Å². The van der Waals surface area contributed by atoms with E-state index in [0.29, 0.717) is 10.6 Å². The number of hydrogen-bond donors (Lipinski definition) is 1. The average Bonchev–Trinajstić information content (AvgIpc) is 2.53. The molecule has 0 spiro atoms. The fraction of sp³-hybridized carbons (Fsp3) is 0.188. The summed E-state index contributed by atoms with van der Waals surface area (Å²) in [5.41, 5.74) is 0.699. The van der Waals surface area contributed by atoms with E-state index in [4.69, 9.17) is 11.6 Å². The minimum Gasteiger partial charge on any atom is -0.477 e. The van der Waals surface area contributed by atoms with Crippen molar-refractivity contribution >= 4 is 17.5 Å². The summed E-state index contributed by atoms with van der Waals surface area (Å²) in [5.74, 6) is -8.65. The van der Waals surface area contributed by atoms with Crippen LogP contribution in [-0.4, -0.2) is 12.5 Å². The monoisotopic (exact) mass is 361 g/mol. The predicted octanol–water partition coefficient (Wildman–Crippen LogP) is 4.15. The SMILES string of the molecule is C[C@H](NC(=O)COc1c(F)c(F)cc(F)c1F)c1cccc(Cl)c1. The highest BCUT2D eigenvalue weighted by Crippen LogP contribution is 2.26. The van der Waals surface area contributed by atoms with Crippen molar-refractivity contribution in [3.05, 3.63) is 64.2 Å². The fourth-order valence-corrected chi connectivity index (χ4v) is 2.16. The third-order valence-corrected chi connectivity index (χ3v) is 3.38. The van der Waals surface area contributed by atoms with E-state index in [1.54, 1.807) is 31.2 Å². The Morgan fingerprint density at radius 1 is 1.17 bits per heavy atom. The molecule has 0 saturated heterocycles. The van der Waals surface area contributed by atoms with Gasteiger partial charge in [0, 0.05) is 11.1 Å². The maximum absolute atomic E-state index is 13.4. The summed E-state index contributed by atoms with van der Waals surface area (Å²) in [6.07, 6.45) is 0. The van der Waals surface area contributed by atoms with E-state index in [9.17, 15) is 22.4 Å². The van der Waals surface area contributed by atoms with Crippen molar-refractivity contribution in [2.24, 2.45) is 0 Å². The molecule has 0 bridgehead atoms. The first kappa shape index (κ1) is 18.1. The number of nitrogens with one attached hydrogen (secondary N) is 1. The summed E-state index contributed by atoms with van der Waals surface area (Å²) >= 11 is 5.84. The molecule has 2 rings (SSSR count).